The van der Waals surface area contributed by atoms with Crippen molar-refractivity contribution in [3.8, 4) is 0 Å². The molecule has 4 nitrogen and oxygen atoms in total. The first kappa shape index (κ1) is 24.6. The Bertz CT molecular complexity index is 491. The number of aromatic carboxylic acids is 1. The topological polar surface area (TPSA) is 77.8 Å². The Balaban J connectivity index is 0.000000590. The van der Waals surface area contributed by atoms with E-state index in [1.54, 1.807) is 6.07 Å². The summed E-state index contributed by atoms with van der Waals surface area (Å²) in [6.07, 6.45) is 7.66. The molecule has 0 aromatic heterocycles. The van der Waals surface area contributed by atoms with Crippen molar-refractivity contribution < 1.29 is 20.1 Å². The molecule has 0 saturated heterocycles. The molecule has 2 unspecified atom stereocenters. The molecule has 2 atom stereocenters. The lowest BCUT2D eigenvalue weighted by Crippen LogP contribution is -2.15. The van der Waals surface area contributed by atoms with E-state index in [9.17, 15) is 9.90 Å². The summed E-state index contributed by atoms with van der Waals surface area (Å²) in [5.74, 6) is -0.797. The third kappa shape index (κ3) is 9.93. The molecule has 4 heteroatoms. The average Bonchev–Trinajstić information content (AvgIpc) is 2.64. The van der Waals surface area contributed by atoms with E-state index in [4.69, 9.17) is 10.2 Å². The van der Waals surface area contributed by atoms with E-state index in [-0.39, 0.29) is 12.2 Å². The second kappa shape index (κ2) is 14.7. The number of aliphatic hydroxyl groups is 2. The van der Waals surface area contributed by atoms with Gasteiger partial charge in [-0.2, -0.15) is 0 Å². The second-order valence-electron chi connectivity index (χ2n) is 6.82. The molecule has 0 aliphatic carbocycles. The minimum Gasteiger partial charge on any atom is -0.478 e. The lowest BCUT2D eigenvalue weighted by molar-refractivity contribution is 0.0694. The largest absolute Gasteiger partial charge is 0.478 e. The van der Waals surface area contributed by atoms with E-state index < -0.39 is 5.97 Å². The lowest BCUT2D eigenvalue weighted by atomic mass is 9.93. The predicted molar refractivity (Wildman–Crippen MR) is 108 cm³/mol. The Morgan fingerprint density at radius 1 is 0.923 bits per heavy atom. The second-order valence-corrected chi connectivity index (χ2v) is 6.82. The fourth-order valence-electron chi connectivity index (χ4n) is 2.73. The molecule has 0 spiro atoms. The van der Waals surface area contributed by atoms with E-state index in [1.807, 2.05) is 19.9 Å². The molecule has 1 rings (SSSR count). The molecule has 3 N–H and O–H groups in total. The van der Waals surface area contributed by atoms with Crippen LogP contribution in [0.5, 0.6) is 0 Å². The summed E-state index contributed by atoms with van der Waals surface area (Å²) in [7, 11) is 0. The molecular formula is C22H38O4. The van der Waals surface area contributed by atoms with Gasteiger partial charge in [-0.3, -0.25) is 0 Å². The molecule has 0 saturated carbocycles. The van der Waals surface area contributed by atoms with Gasteiger partial charge in [-0.05, 0) is 62.1 Å². The van der Waals surface area contributed by atoms with Gasteiger partial charge in [-0.1, -0.05) is 52.7 Å². The third-order valence-electron chi connectivity index (χ3n) is 4.57. The summed E-state index contributed by atoms with van der Waals surface area (Å²) in [6, 6.07) is 5.67. The number of aryl methyl sites for hydroxylation is 1. The van der Waals surface area contributed by atoms with Gasteiger partial charge in [0.1, 0.15) is 0 Å². The van der Waals surface area contributed by atoms with Crippen LogP contribution in [-0.2, 0) is 12.8 Å². The standard InChI is InChI=1S/C15H22O2.C7H16O2/c1-3-5-8-12-9-7-11-14(15(16)17)13(12)10-6-4-2;1-3-6(8)5-7(9)4-2/h7,9,11H,3-6,8,10H2,1-2H3,(H,16,17);6-9H,3-5H2,1-2H3. The molecule has 0 bridgehead atoms. The van der Waals surface area contributed by atoms with Crippen LogP contribution in [0.15, 0.2) is 18.2 Å². The SMILES string of the molecule is CCC(O)CC(O)CC.CCCCc1cccc(C(=O)O)c1CCCC. The average molecular weight is 367 g/mol. The van der Waals surface area contributed by atoms with Gasteiger partial charge in [-0.15, -0.1) is 0 Å². The highest BCUT2D eigenvalue weighted by atomic mass is 16.4. The molecule has 150 valence electrons. The molecule has 0 radical (unpaired) electrons. The van der Waals surface area contributed by atoms with E-state index in [1.165, 1.54) is 5.56 Å². The zero-order valence-electron chi connectivity index (χ0n) is 17.0. The van der Waals surface area contributed by atoms with Crippen molar-refractivity contribution in [1.82, 2.24) is 0 Å². The van der Waals surface area contributed by atoms with E-state index in [0.717, 1.165) is 56.9 Å². The number of aliphatic hydroxyl groups excluding tert-OH is 2. The first-order chi connectivity index (χ1) is 12.4. The van der Waals surface area contributed by atoms with Crippen LogP contribution in [-0.4, -0.2) is 33.5 Å². The number of benzene rings is 1. The van der Waals surface area contributed by atoms with Gasteiger partial charge >= 0.3 is 5.97 Å². The molecule has 1 aromatic carbocycles. The number of carboxylic acid groups (broad SMARTS) is 1. The number of unbranched alkanes of at least 4 members (excludes halogenated alkanes) is 2. The van der Waals surface area contributed by atoms with Gasteiger partial charge in [0, 0.05) is 0 Å². The van der Waals surface area contributed by atoms with Crippen molar-refractivity contribution in [2.24, 2.45) is 0 Å². The summed E-state index contributed by atoms with van der Waals surface area (Å²) in [4.78, 5) is 11.2. The molecular weight excluding hydrogens is 328 g/mol. The van der Waals surface area contributed by atoms with E-state index in [2.05, 4.69) is 19.9 Å². The quantitative estimate of drug-likeness (QED) is 0.516. The first-order valence-electron chi connectivity index (χ1n) is 10.1. The van der Waals surface area contributed by atoms with Gasteiger partial charge in [0.15, 0.2) is 0 Å². The van der Waals surface area contributed by atoms with Gasteiger partial charge in [0.05, 0.1) is 17.8 Å². The molecule has 0 aliphatic heterocycles. The van der Waals surface area contributed by atoms with Crippen LogP contribution < -0.4 is 0 Å². The minimum atomic E-state index is -0.797. The van der Waals surface area contributed by atoms with Crippen LogP contribution in [0.3, 0.4) is 0 Å². The van der Waals surface area contributed by atoms with Crippen LogP contribution in [0.2, 0.25) is 0 Å². The zero-order chi connectivity index (χ0) is 19.9. The van der Waals surface area contributed by atoms with Crippen molar-refractivity contribution in [1.29, 1.82) is 0 Å². The van der Waals surface area contributed by atoms with Gasteiger partial charge in [-0.25, -0.2) is 4.79 Å². The number of hydrogen-bond donors (Lipinski definition) is 3. The fraction of sp³-hybridized carbons (Fsp3) is 0.682. The summed E-state index contributed by atoms with van der Waals surface area (Å²) in [6.45, 7) is 8.11. The van der Waals surface area contributed by atoms with Crippen molar-refractivity contribution >= 4 is 5.97 Å². The Morgan fingerprint density at radius 3 is 1.92 bits per heavy atom. The number of carbonyl (C=O) groups is 1. The first-order valence-corrected chi connectivity index (χ1v) is 10.1. The molecule has 26 heavy (non-hydrogen) atoms. The summed E-state index contributed by atoms with van der Waals surface area (Å²) in [5.41, 5.74) is 2.77. The monoisotopic (exact) mass is 366 g/mol. The maximum atomic E-state index is 11.2. The van der Waals surface area contributed by atoms with Crippen LogP contribution in [0, 0.1) is 0 Å². The van der Waals surface area contributed by atoms with Crippen LogP contribution in [0.25, 0.3) is 0 Å². The molecule has 1 aromatic rings. The number of carboxylic acids is 1. The summed E-state index contributed by atoms with van der Waals surface area (Å²) >= 11 is 0. The summed E-state index contributed by atoms with van der Waals surface area (Å²) in [5, 5.41) is 27.2. The van der Waals surface area contributed by atoms with Crippen molar-refractivity contribution in [3.63, 3.8) is 0 Å². The zero-order valence-corrected chi connectivity index (χ0v) is 17.0. The Morgan fingerprint density at radius 2 is 1.46 bits per heavy atom. The highest BCUT2D eigenvalue weighted by molar-refractivity contribution is 5.89. The van der Waals surface area contributed by atoms with Crippen LogP contribution in [0.4, 0.5) is 0 Å². The molecule has 0 fully saturated rings. The maximum absolute atomic E-state index is 11.2. The predicted octanol–water partition coefficient (Wildman–Crippen LogP) is 4.99. The summed E-state index contributed by atoms with van der Waals surface area (Å²) < 4.78 is 0. The Kier molecular flexibility index (Phi) is 14.0. The molecule has 0 amide bonds. The third-order valence-corrected chi connectivity index (χ3v) is 4.57. The highest BCUT2D eigenvalue weighted by Crippen LogP contribution is 2.20. The maximum Gasteiger partial charge on any atom is 0.335 e. The number of hydrogen-bond acceptors (Lipinski definition) is 3. The Labute approximate surface area is 159 Å². The molecule has 0 aliphatic rings. The van der Waals surface area contributed by atoms with Crippen LogP contribution >= 0.6 is 0 Å². The molecule has 0 heterocycles. The number of rotatable bonds is 11. The van der Waals surface area contributed by atoms with Crippen molar-refractivity contribution in [2.75, 3.05) is 0 Å². The fourth-order valence-corrected chi connectivity index (χ4v) is 2.73. The van der Waals surface area contributed by atoms with E-state index in [0.29, 0.717) is 12.0 Å². The Hall–Kier alpha value is -1.39. The minimum absolute atomic E-state index is 0.319. The van der Waals surface area contributed by atoms with E-state index >= 15 is 0 Å². The van der Waals surface area contributed by atoms with Gasteiger partial charge < -0.3 is 15.3 Å². The van der Waals surface area contributed by atoms with Gasteiger partial charge in [0.2, 0.25) is 0 Å². The normalized spacial score (nSPS) is 12.8. The van der Waals surface area contributed by atoms with Crippen LogP contribution in [0.1, 0.15) is 94.1 Å². The van der Waals surface area contributed by atoms with Crippen molar-refractivity contribution in [3.05, 3.63) is 34.9 Å². The van der Waals surface area contributed by atoms with Crippen molar-refractivity contribution in [2.45, 2.75) is 97.7 Å². The highest BCUT2D eigenvalue weighted by Gasteiger charge is 2.12. The lowest BCUT2D eigenvalue weighted by Gasteiger charge is -2.12. The van der Waals surface area contributed by atoms with Gasteiger partial charge in [0.25, 0.3) is 0 Å². The smallest absolute Gasteiger partial charge is 0.335 e.